The van der Waals surface area contributed by atoms with E-state index in [9.17, 15) is 5.11 Å². The summed E-state index contributed by atoms with van der Waals surface area (Å²) < 4.78 is 0. The Labute approximate surface area is 113 Å². The van der Waals surface area contributed by atoms with E-state index in [0.717, 1.165) is 16.7 Å². The molecule has 2 aromatic rings. The first-order chi connectivity index (χ1) is 9.29. The van der Waals surface area contributed by atoms with Crippen molar-refractivity contribution in [3.05, 3.63) is 71.3 Å². The van der Waals surface area contributed by atoms with Gasteiger partial charge in [0, 0.05) is 13.1 Å². The zero-order valence-corrected chi connectivity index (χ0v) is 10.8. The van der Waals surface area contributed by atoms with Crippen LogP contribution in [0.3, 0.4) is 0 Å². The molecule has 1 unspecified atom stereocenters. The summed E-state index contributed by atoms with van der Waals surface area (Å²) >= 11 is 0. The fourth-order valence-corrected chi connectivity index (χ4v) is 1.98. The summed E-state index contributed by atoms with van der Waals surface area (Å²) in [5.41, 5.74) is 2.92. The fourth-order valence-electron chi connectivity index (χ4n) is 1.98. The molecule has 3 nitrogen and oxygen atoms in total. The number of benzene rings is 2. The van der Waals surface area contributed by atoms with Gasteiger partial charge in [0.05, 0.1) is 12.7 Å². The Balaban J connectivity index is 1.83. The quantitative estimate of drug-likeness (QED) is 0.742. The Morgan fingerprint density at radius 1 is 0.947 bits per heavy atom. The summed E-state index contributed by atoms with van der Waals surface area (Å²) in [5, 5.41) is 22.3. The lowest BCUT2D eigenvalue weighted by molar-refractivity contribution is 0.174. The van der Waals surface area contributed by atoms with Crippen LogP contribution in [0.15, 0.2) is 54.6 Å². The summed E-state index contributed by atoms with van der Waals surface area (Å²) in [7, 11) is 0. The third kappa shape index (κ3) is 4.17. The summed E-state index contributed by atoms with van der Waals surface area (Å²) in [6.07, 6.45) is -0.498. The summed E-state index contributed by atoms with van der Waals surface area (Å²) in [6.45, 7) is 1.24. The first-order valence-electron chi connectivity index (χ1n) is 6.42. The number of aliphatic hydroxyl groups excluding tert-OH is 2. The van der Waals surface area contributed by atoms with Crippen molar-refractivity contribution in [3.8, 4) is 0 Å². The fraction of sp³-hybridized carbons (Fsp3) is 0.250. The number of aliphatic hydroxyl groups is 2. The summed E-state index contributed by atoms with van der Waals surface area (Å²) in [5.74, 6) is 0. The third-order valence-electron chi connectivity index (χ3n) is 3.03. The van der Waals surface area contributed by atoms with Gasteiger partial charge in [-0.25, -0.2) is 0 Å². The van der Waals surface area contributed by atoms with Crippen LogP contribution >= 0.6 is 0 Å². The van der Waals surface area contributed by atoms with Crippen LogP contribution in [-0.2, 0) is 13.2 Å². The first kappa shape index (κ1) is 13.7. The monoisotopic (exact) mass is 257 g/mol. The molecular weight excluding hydrogens is 238 g/mol. The molecule has 3 N–H and O–H groups in total. The van der Waals surface area contributed by atoms with Crippen LogP contribution in [0.4, 0.5) is 0 Å². The number of nitrogens with one attached hydrogen (secondary N) is 1. The standard InChI is InChI=1S/C16H19NO2/c18-12-14-6-4-5-13(9-14)10-17-11-16(19)15-7-2-1-3-8-15/h1-9,16-19H,10-12H2. The highest BCUT2D eigenvalue weighted by molar-refractivity contribution is 5.23. The molecule has 2 rings (SSSR count). The van der Waals surface area contributed by atoms with Gasteiger partial charge in [0.15, 0.2) is 0 Å². The highest BCUT2D eigenvalue weighted by Crippen LogP contribution is 2.11. The Kier molecular flexibility index (Phi) is 5.10. The van der Waals surface area contributed by atoms with Gasteiger partial charge in [-0.15, -0.1) is 0 Å². The van der Waals surface area contributed by atoms with E-state index in [-0.39, 0.29) is 6.61 Å². The molecule has 0 fully saturated rings. The van der Waals surface area contributed by atoms with Crippen LogP contribution < -0.4 is 5.32 Å². The van der Waals surface area contributed by atoms with Crippen LogP contribution in [0.25, 0.3) is 0 Å². The number of hydrogen-bond donors (Lipinski definition) is 3. The van der Waals surface area contributed by atoms with Crippen molar-refractivity contribution >= 4 is 0 Å². The molecule has 0 radical (unpaired) electrons. The van der Waals surface area contributed by atoms with Crippen LogP contribution in [0, 0.1) is 0 Å². The zero-order valence-electron chi connectivity index (χ0n) is 10.8. The van der Waals surface area contributed by atoms with E-state index in [1.165, 1.54) is 0 Å². The van der Waals surface area contributed by atoms with E-state index in [1.54, 1.807) is 0 Å². The molecule has 0 saturated heterocycles. The SMILES string of the molecule is OCc1cccc(CNCC(O)c2ccccc2)c1. The molecule has 0 amide bonds. The Morgan fingerprint density at radius 2 is 1.68 bits per heavy atom. The van der Waals surface area contributed by atoms with Crippen LogP contribution in [-0.4, -0.2) is 16.8 Å². The molecule has 0 aliphatic heterocycles. The maximum Gasteiger partial charge on any atom is 0.0914 e. The minimum atomic E-state index is -0.498. The van der Waals surface area contributed by atoms with Crippen molar-refractivity contribution in [2.24, 2.45) is 0 Å². The Hall–Kier alpha value is -1.68. The minimum Gasteiger partial charge on any atom is -0.392 e. The van der Waals surface area contributed by atoms with E-state index >= 15 is 0 Å². The van der Waals surface area contributed by atoms with Gasteiger partial charge in [0.1, 0.15) is 0 Å². The molecule has 19 heavy (non-hydrogen) atoms. The van der Waals surface area contributed by atoms with Crippen molar-refractivity contribution in [1.29, 1.82) is 0 Å². The van der Waals surface area contributed by atoms with Crippen LogP contribution in [0.2, 0.25) is 0 Å². The van der Waals surface area contributed by atoms with E-state index in [0.29, 0.717) is 13.1 Å². The molecule has 0 bridgehead atoms. The molecule has 2 aromatic carbocycles. The van der Waals surface area contributed by atoms with E-state index in [1.807, 2.05) is 54.6 Å². The average molecular weight is 257 g/mol. The predicted octanol–water partition coefficient (Wildman–Crippen LogP) is 2.00. The Bertz CT molecular complexity index is 499. The molecule has 0 heterocycles. The second-order valence-corrected chi connectivity index (χ2v) is 4.54. The minimum absolute atomic E-state index is 0.0560. The normalized spacial score (nSPS) is 12.3. The highest BCUT2D eigenvalue weighted by atomic mass is 16.3. The molecule has 0 aliphatic carbocycles. The lowest BCUT2D eigenvalue weighted by Gasteiger charge is -2.12. The van der Waals surface area contributed by atoms with Gasteiger partial charge >= 0.3 is 0 Å². The van der Waals surface area contributed by atoms with Crippen molar-refractivity contribution < 1.29 is 10.2 Å². The van der Waals surface area contributed by atoms with Gasteiger partial charge in [0.2, 0.25) is 0 Å². The lowest BCUT2D eigenvalue weighted by Crippen LogP contribution is -2.21. The number of rotatable bonds is 6. The maximum absolute atomic E-state index is 10.00. The maximum atomic E-state index is 10.00. The molecule has 3 heteroatoms. The second-order valence-electron chi connectivity index (χ2n) is 4.54. The van der Waals surface area contributed by atoms with Crippen molar-refractivity contribution in [2.75, 3.05) is 6.54 Å². The second kappa shape index (κ2) is 7.04. The smallest absolute Gasteiger partial charge is 0.0914 e. The highest BCUT2D eigenvalue weighted by Gasteiger charge is 2.05. The van der Waals surface area contributed by atoms with Gasteiger partial charge in [-0.2, -0.15) is 0 Å². The summed E-state index contributed by atoms with van der Waals surface area (Å²) in [4.78, 5) is 0. The van der Waals surface area contributed by atoms with E-state index in [2.05, 4.69) is 5.32 Å². The third-order valence-corrected chi connectivity index (χ3v) is 3.03. The predicted molar refractivity (Wildman–Crippen MR) is 75.5 cm³/mol. The van der Waals surface area contributed by atoms with Crippen molar-refractivity contribution in [3.63, 3.8) is 0 Å². The first-order valence-corrected chi connectivity index (χ1v) is 6.42. The van der Waals surface area contributed by atoms with Gasteiger partial charge in [-0.3, -0.25) is 0 Å². The number of hydrogen-bond acceptors (Lipinski definition) is 3. The summed E-state index contributed by atoms with van der Waals surface area (Å²) in [6, 6.07) is 17.4. The van der Waals surface area contributed by atoms with E-state index in [4.69, 9.17) is 5.11 Å². The van der Waals surface area contributed by atoms with Crippen molar-refractivity contribution in [1.82, 2.24) is 5.32 Å². The molecular formula is C16H19NO2. The van der Waals surface area contributed by atoms with Crippen LogP contribution in [0.1, 0.15) is 22.8 Å². The molecule has 100 valence electrons. The molecule has 0 aliphatic rings. The molecule has 0 saturated carbocycles. The van der Waals surface area contributed by atoms with Gasteiger partial charge in [0.25, 0.3) is 0 Å². The van der Waals surface area contributed by atoms with Gasteiger partial charge < -0.3 is 15.5 Å². The molecule has 0 aromatic heterocycles. The van der Waals surface area contributed by atoms with E-state index < -0.39 is 6.10 Å². The topological polar surface area (TPSA) is 52.5 Å². The van der Waals surface area contributed by atoms with Gasteiger partial charge in [-0.05, 0) is 16.7 Å². The largest absolute Gasteiger partial charge is 0.392 e. The lowest BCUT2D eigenvalue weighted by atomic mass is 10.1. The van der Waals surface area contributed by atoms with Gasteiger partial charge in [-0.1, -0.05) is 54.6 Å². The molecule has 1 atom stereocenters. The average Bonchev–Trinajstić information content (AvgIpc) is 2.48. The Morgan fingerprint density at radius 3 is 2.42 bits per heavy atom. The molecule has 0 spiro atoms. The van der Waals surface area contributed by atoms with Crippen molar-refractivity contribution in [2.45, 2.75) is 19.3 Å². The van der Waals surface area contributed by atoms with Crippen LogP contribution in [0.5, 0.6) is 0 Å². The zero-order chi connectivity index (χ0) is 13.5.